The van der Waals surface area contributed by atoms with E-state index in [1.807, 2.05) is 17.0 Å². The van der Waals surface area contributed by atoms with Gasteiger partial charge in [-0.3, -0.25) is 4.79 Å². The minimum atomic E-state index is -0.215. The monoisotopic (exact) mass is 246 g/mol. The topological polar surface area (TPSA) is 55.6 Å². The van der Waals surface area contributed by atoms with Gasteiger partial charge in [-0.2, -0.15) is 0 Å². The third-order valence-corrected chi connectivity index (χ3v) is 3.76. The molecule has 1 aromatic rings. The van der Waals surface area contributed by atoms with Crippen LogP contribution in [-0.4, -0.2) is 30.1 Å². The van der Waals surface area contributed by atoms with Gasteiger partial charge in [0.1, 0.15) is 6.10 Å². The van der Waals surface area contributed by atoms with Crippen molar-refractivity contribution in [2.75, 3.05) is 18.9 Å². The third kappa shape index (κ3) is 2.08. The minimum absolute atomic E-state index is 0.139. The van der Waals surface area contributed by atoms with Gasteiger partial charge in [0.15, 0.2) is 0 Å². The zero-order valence-corrected chi connectivity index (χ0v) is 10.4. The molecule has 0 saturated carbocycles. The highest BCUT2D eigenvalue weighted by Gasteiger charge is 2.30. The molecule has 4 heteroatoms. The Balaban J connectivity index is 1.75. The van der Waals surface area contributed by atoms with Crippen molar-refractivity contribution in [3.63, 3.8) is 0 Å². The van der Waals surface area contributed by atoms with E-state index in [0.717, 1.165) is 31.5 Å². The van der Waals surface area contributed by atoms with E-state index in [1.165, 1.54) is 11.1 Å². The number of anilines is 1. The maximum Gasteiger partial charge on any atom is 0.252 e. The van der Waals surface area contributed by atoms with Crippen molar-refractivity contribution in [1.82, 2.24) is 4.90 Å². The van der Waals surface area contributed by atoms with Crippen LogP contribution in [0.4, 0.5) is 5.69 Å². The zero-order chi connectivity index (χ0) is 12.5. The molecule has 18 heavy (non-hydrogen) atoms. The van der Waals surface area contributed by atoms with Crippen LogP contribution in [0.15, 0.2) is 18.2 Å². The van der Waals surface area contributed by atoms with Crippen molar-refractivity contribution in [2.45, 2.75) is 31.9 Å². The molecular weight excluding hydrogens is 228 g/mol. The summed E-state index contributed by atoms with van der Waals surface area (Å²) in [5, 5.41) is 0. The fraction of sp³-hybridized carbons (Fsp3) is 0.500. The summed E-state index contributed by atoms with van der Waals surface area (Å²) in [4.78, 5) is 14.2. The number of fused-ring (bicyclic) bond motifs is 1. The fourth-order valence-electron chi connectivity index (χ4n) is 2.74. The number of hydrogen-bond donors (Lipinski definition) is 1. The Hall–Kier alpha value is -1.55. The first-order chi connectivity index (χ1) is 8.74. The Kier molecular flexibility index (Phi) is 2.96. The van der Waals surface area contributed by atoms with E-state index < -0.39 is 0 Å². The number of nitrogens with zero attached hydrogens (tertiary/aromatic N) is 1. The highest BCUT2D eigenvalue weighted by Crippen LogP contribution is 2.23. The number of ether oxygens (including phenoxy) is 1. The maximum atomic E-state index is 12.3. The molecule has 2 aliphatic heterocycles. The quantitative estimate of drug-likeness (QED) is 0.761. The lowest BCUT2D eigenvalue weighted by atomic mass is 9.98. The summed E-state index contributed by atoms with van der Waals surface area (Å²) in [6.07, 6.45) is 2.55. The Morgan fingerprint density at radius 2 is 2.28 bits per heavy atom. The molecule has 1 amide bonds. The molecule has 1 fully saturated rings. The SMILES string of the molecule is Nc1ccc2c(c1)CN(C(=O)C1CCCO1)CC2. The highest BCUT2D eigenvalue weighted by atomic mass is 16.5. The van der Waals surface area contributed by atoms with Gasteiger partial charge in [-0.1, -0.05) is 6.07 Å². The van der Waals surface area contributed by atoms with E-state index in [2.05, 4.69) is 6.07 Å². The van der Waals surface area contributed by atoms with Gasteiger partial charge < -0.3 is 15.4 Å². The smallest absolute Gasteiger partial charge is 0.252 e. The van der Waals surface area contributed by atoms with Crippen molar-refractivity contribution >= 4 is 11.6 Å². The largest absolute Gasteiger partial charge is 0.399 e. The fourth-order valence-corrected chi connectivity index (χ4v) is 2.74. The molecule has 2 aliphatic rings. The van der Waals surface area contributed by atoms with E-state index in [4.69, 9.17) is 10.5 Å². The van der Waals surface area contributed by atoms with Gasteiger partial charge in [0.2, 0.25) is 0 Å². The molecule has 2 heterocycles. The van der Waals surface area contributed by atoms with E-state index >= 15 is 0 Å². The lowest BCUT2D eigenvalue weighted by molar-refractivity contribution is -0.141. The molecule has 0 bridgehead atoms. The maximum absolute atomic E-state index is 12.3. The zero-order valence-electron chi connectivity index (χ0n) is 10.4. The van der Waals surface area contributed by atoms with E-state index in [0.29, 0.717) is 13.2 Å². The number of nitrogens with two attached hydrogens (primary N) is 1. The number of amides is 1. The summed E-state index contributed by atoms with van der Waals surface area (Å²) in [5.41, 5.74) is 9.04. The molecule has 2 N–H and O–H groups in total. The Morgan fingerprint density at radius 3 is 3.06 bits per heavy atom. The van der Waals surface area contributed by atoms with Crippen LogP contribution >= 0.6 is 0 Å². The number of carbonyl (C=O) groups is 1. The Labute approximate surface area is 107 Å². The number of rotatable bonds is 1. The van der Waals surface area contributed by atoms with Crippen molar-refractivity contribution in [2.24, 2.45) is 0 Å². The van der Waals surface area contributed by atoms with Crippen molar-refractivity contribution in [3.8, 4) is 0 Å². The van der Waals surface area contributed by atoms with Crippen LogP contribution in [0.1, 0.15) is 24.0 Å². The second-order valence-electron chi connectivity index (χ2n) is 5.04. The second kappa shape index (κ2) is 4.61. The molecule has 0 aromatic heterocycles. The lowest BCUT2D eigenvalue weighted by Crippen LogP contribution is -2.41. The number of carbonyl (C=O) groups excluding carboxylic acids is 1. The number of nitrogen functional groups attached to an aromatic ring is 1. The summed E-state index contributed by atoms with van der Waals surface area (Å²) in [5.74, 6) is 0.139. The molecular formula is C14H18N2O2. The van der Waals surface area contributed by atoms with Gasteiger partial charge in [0, 0.05) is 25.4 Å². The standard InChI is InChI=1S/C14H18N2O2/c15-12-4-3-10-5-6-16(9-11(10)8-12)14(17)13-2-1-7-18-13/h3-4,8,13H,1-2,5-7,9,15H2. The van der Waals surface area contributed by atoms with Crippen LogP contribution in [0, 0.1) is 0 Å². The summed E-state index contributed by atoms with van der Waals surface area (Å²) in [6.45, 7) is 2.17. The lowest BCUT2D eigenvalue weighted by Gasteiger charge is -2.30. The summed E-state index contributed by atoms with van der Waals surface area (Å²) >= 11 is 0. The molecule has 96 valence electrons. The molecule has 3 rings (SSSR count). The van der Waals surface area contributed by atoms with Crippen LogP contribution in [0.3, 0.4) is 0 Å². The first-order valence-electron chi connectivity index (χ1n) is 6.52. The van der Waals surface area contributed by atoms with E-state index in [1.54, 1.807) is 0 Å². The van der Waals surface area contributed by atoms with E-state index in [-0.39, 0.29) is 12.0 Å². The molecule has 0 radical (unpaired) electrons. The van der Waals surface area contributed by atoms with Crippen LogP contribution in [-0.2, 0) is 22.5 Å². The summed E-state index contributed by atoms with van der Waals surface area (Å²) < 4.78 is 5.46. The molecule has 1 saturated heterocycles. The first kappa shape index (κ1) is 11.5. The van der Waals surface area contributed by atoms with Crippen LogP contribution in [0.25, 0.3) is 0 Å². The van der Waals surface area contributed by atoms with E-state index in [9.17, 15) is 4.79 Å². The molecule has 0 spiro atoms. The normalized spacial score (nSPS) is 22.9. The molecule has 4 nitrogen and oxygen atoms in total. The van der Waals surface area contributed by atoms with Gasteiger partial charge in [-0.25, -0.2) is 0 Å². The molecule has 1 aromatic carbocycles. The summed E-state index contributed by atoms with van der Waals surface area (Å²) in [6, 6.07) is 5.97. The minimum Gasteiger partial charge on any atom is -0.399 e. The number of hydrogen-bond acceptors (Lipinski definition) is 3. The average molecular weight is 246 g/mol. The van der Waals surface area contributed by atoms with Gasteiger partial charge in [-0.05, 0) is 42.5 Å². The molecule has 1 unspecified atom stereocenters. The van der Waals surface area contributed by atoms with Gasteiger partial charge in [-0.15, -0.1) is 0 Å². The van der Waals surface area contributed by atoms with Crippen LogP contribution in [0.5, 0.6) is 0 Å². The predicted octanol–water partition coefficient (Wildman–Crippen LogP) is 1.33. The highest BCUT2D eigenvalue weighted by molar-refractivity contribution is 5.81. The van der Waals surface area contributed by atoms with Crippen molar-refractivity contribution in [1.29, 1.82) is 0 Å². The van der Waals surface area contributed by atoms with Gasteiger partial charge in [0.05, 0.1) is 0 Å². The van der Waals surface area contributed by atoms with Crippen LogP contribution in [0.2, 0.25) is 0 Å². The van der Waals surface area contributed by atoms with Crippen LogP contribution < -0.4 is 5.73 Å². The number of benzene rings is 1. The molecule has 0 aliphatic carbocycles. The summed E-state index contributed by atoms with van der Waals surface area (Å²) in [7, 11) is 0. The second-order valence-corrected chi connectivity index (χ2v) is 5.04. The third-order valence-electron chi connectivity index (χ3n) is 3.76. The van der Waals surface area contributed by atoms with Crippen molar-refractivity contribution in [3.05, 3.63) is 29.3 Å². The molecule has 1 atom stereocenters. The Morgan fingerprint density at radius 1 is 1.39 bits per heavy atom. The van der Waals surface area contributed by atoms with Crippen molar-refractivity contribution < 1.29 is 9.53 Å². The Bertz CT molecular complexity index is 467. The predicted molar refractivity (Wildman–Crippen MR) is 68.9 cm³/mol. The first-order valence-corrected chi connectivity index (χ1v) is 6.52. The average Bonchev–Trinajstić information content (AvgIpc) is 2.90. The van der Waals surface area contributed by atoms with Gasteiger partial charge >= 0.3 is 0 Å². The van der Waals surface area contributed by atoms with Gasteiger partial charge in [0.25, 0.3) is 5.91 Å².